The molecule has 1 rings (SSSR count). The van der Waals surface area contributed by atoms with Gasteiger partial charge in [-0.3, -0.25) is 4.79 Å². The van der Waals surface area contributed by atoms with Gasteiger partial charge in [0.05, 0.1) is 13.5 Å². The number of ether oxygens (including phenoxy) is 2. The van der Waals surface area contributed by atoms with Gasteiger partial charge >= 0.3 is 12.1 Å². The summed E-state index contributed by atoms with van der Waals surface area (Å²) in [5, 5.41) is 2.32. The summed E-state index contributed by atoms with van der Waals surface area (Å²) in [6.07, 6.45) is 3.28. The lowest BCUT2D eigenvalue weighted by Crippen LogP contribution is -2.45. The van der Waals surface area contributed by atoms with E-state index in [1.54, 1.807) is 4.90 Å². The van der Waals surface area contributed by atoms with Crippen LogP contribution in [0.25, 0.3) is 0 Å². The van der Waals surface area contributed by atoms with Gasteiger partial charge in [0, 0.05) is 12.1 Å². The van der Waals surface area contributed by atoms with Crippen LogP contribution in [-0.4, -0.2) is 44.2 Å². The second-order valence-electron chi connectivity index (χ2n) is 9.19. The molecule has 1 amide bonds. The molecule has 6 heteroatoms. The molecule has 0 radical (unpaired) electrons. The smallest absolute Gasteiger partial charge is 0.415 e. The largest absolute Gasteiger partial charge is 0.469 e. The lowest BCUT2D eigenvalue weighted by molar-refractivity contribution is -0.139. The highest BCUT2D eigenvalue weighted by molar-refractivity contribution is 6.96. The van der Waals surface area contributed by atoms with Crippen LogP contribution in [0, 0.1) is 5.92 Å². The standard InChI is InChI=1S/C25H39NO4Si/c1-18(2)15-23(31(8,9)22-13-11-10-12-14-22)21(16-24(27)29-7)17-30-25(28)26(19(3)4)20(5)6/h10-15,17-20H,16H2,1-9H3/b21-17-,23-15-. The fraction of sp³-hybridized carbons (Fsp3) is 0.520. The quantitative estimate of drug-likeness (QED) is 0.220. The monoisotopic (exact) mass is 445 g/mol. The van der Waals surface area contributed by atoms with Crippen molar-refractivity contribution in [3.8, 4) is 0 Å². The van der Waals surface area contributed by atoms with E-state index in [0.717, 1.165) is 5.20 Å². The van der Waals surface area contributed by atoms with Crippen molar-refractivity contribution >= 4 is 25.3 Å². The number of nitrogens with zero attached hydrogens (tertiary/aromatic N) is 1. The third kappa shape index (κ3) is 7.69. The Balaban J connectivity index is 3.47. The van der Waals surface area contributed by atoms with Crippen molar-refractivity contribution in [1.82, 2.24) is 4.90 Å². The molecule has 0 unspecified atom stereocenters. The molecular weight excluding hydrogens is 406 g/mol. The molecule has 0 aromatic heterocycles. The minimum atomic E-state index is -2.18. The fourth-order valence-corrected chi connectivity index (χ4v) is 6.73. The number of rotatable bonds is 9. The summed E-state index contributed by atoms with van der Waals surface area (Å²) in [6.45, 7) is 16.5. The molecule has 0 aliphatic rings. The molecule has 1 aromatic rings. The first-order chi connectivity index (χ1) is 14.4. The first kappa shape index (κ1) is 26.7. The molecule has 0 bridgehead atoms. The Hall–Kier alpha value is -2.34. The van der Waals surface area contributed by atoms with E-state index in [9.17, 15) is 9.59 Å². The second-order valence-corrected chi connectivity index (χ2v) is 13.6. The van der Waals surface area contributed by atoms with Crippen LogP contribution in [0.3, 0.4) is 0 Å². The van der Waals surface area contributed by atoms with Crippen molar-refractivity contribution in [2.75, 3.05) is 7.11 Å². The van der Waals surface area contributed by atoms with Crippen LogP contribution in [0.2, 0.25) is 13.1 Å². The van der Waals surface area contributed by atoms with Gasteiger partial charge in [-0.05, 0) is 39.2 Å². The molecule has 5 nitrogen and oxygen atoms in total. The Labute approximate surface area is 189 Å². The summed E-state index contributed by atoms with van der Waals surface area (Å²) in [5.74, 6) is -0.0931. The third-order valence-corrected chi connectivity index (χ3v) is 8.81. The molecule has 0 spiro atoms. The molecule has 1 aromatic carbocycles. The predicted molar refractivity (Wildman–Crippen MR) is 130 cm³/mol. The van der Waals surface area contributed by atoms with E-state index in [2.05, 4.69) is 45.2 Å². The number of carbonyl (C=O) groups excluding carboxylic acids is 2. The van der Waals surface area contributed by atoms with E-state index in [1.807, 2.05) is 45.9 Å². The van der Waals surface area contributed by atoms with Gasteiger partial charge in [0.2, 0.25) is 0 Å². The van der Waals surface area contributed by atoms with Crippen molar-refractivity contribution in [2.45, 2.75) is 73.1 Å². The van der Waals surface area contributed by atoms with Crippen molar-refractivity contribution in [2.24, 2.45) is 5.92 Å². The highest BCUT2D eigenvalue weighted by atomic mass is 28.3. The van der Waals surface area contributed by atoms with Crippen molar-refractivity contribution in [3.05, 3.63) is 53.4 Å². The highest BCUT2D eigenvalue weighted by Gasteiger charge is 2.32. The number of amides is 1. The Morgan fingerprint density at radius 3 is 2.00 bits per heavy atom. The molecular formula is C25H39NO4Si. The lowest BCUT2D eigenvalue weighted by Gasteiger charge is -2.31. The van der Waals surface area contributed by atoms with Crippen molar-refractivity contribution in [1.29, 1.82) is 0 Å². The van der Waals surface area contributed by atoms with E-state index in [0.29, 0.717) is 5.57 Å². The number of methoxy groups -OCH3 is 1. The Morgan fingerprint density at radius 2 is 1.55 bits per heavy atom. The van der Waals surface area contributed by atoms with E-state index in [1.165, 1.54) is 18.6 Å². The molecule has 31 heavy (non-hydrogen) atoms. The molecule has 0 aliphatic carbocycles. The molecule has 0 saturated heterocycles. The normalized spacial score (nSPS) is 13.0. The van der Waals surface area contributed by atoms with Gasteiger partial charge in [-0.15, -0.1) is 0 Å². The van der Waals surface area contributed by atoms with Crippen LogP contribution in [-0.2, 0) is 14.3 Å². The number of benzene rings is 1. The summed E-state index contributed by atoms with van der Waals surface area (Å²) in [5.41, 5.74) is 0.696. The predicted octanol–water partition coefficient (Wildman–Crippen LogP) is 5.43. The minimum absolute atomic E-state index is 0.00534. The van der Waals surface area contributed by atoms with Crippen LogP contribution in [0.1, 0.15) is 48.0 Å². The van der Waals surface area contributed by atoms with Gasteiger partial charge in [-0.1, -0.05) is 73.7 Å². The van der Waals surface area contributed by atoms with Crippen molar-refractivity contribution in [3.63, 3.8) is 0 Å². The molecule has 0 N–H and O–H groups in total. The van der Waals surface area contributed by atoms with E-state index in [-0.39, 0.29) is 30.4 Å². The minimum Gasteiger partial charge on any atom is -0.469 e. The lowest BCUT2D eigenvalue weighted by atomic mass is 10.1. The van der Waals surface area contributed by atoms with Gasteiger partial charge < -0.3 is 14.4 Å². The molecule has 0 heterocycles. The average Bonchev–Trinajstić information content (AvgIpc) is 2.69. The molecule has 0 fully saturated rings. The maximum atomic E-state index is 12.8. The van der Waals surface area contributed by atoms with E-state index >= 15 is 0 Å². The maximum absolute atomic E-state index is 12.8. The zero-order valence-corrected chi connectivity index (χ0v) is 21.6. The first-order valence-corrected chi connectivity index (χ1v) is 13.9. The zero-order valence-electron chi connectivity index (χ0n) is 20.6. The van der Waals surface area contributed by atoms with Crippen LogP contribution in [0.5, 0.6) is 0 Å². The topological polar surface area (TPSA) is 55.8 Å². The number of allylic oxidation sites excluding steroid dienone is 2. The SMILES string of the molecule is COC(=O)CC(=C/OC(=O)N(C(C)C)C(C)C)/C(=C/C(C)C)[Si](C)(C)c1ccccc1. The van der Waals surface area contributed by atoms with Gasteiger partial charge in [0.1, 0.15) is 14.3 Å². The molecule has 172 valence electrons. The first-order valence-electron chi connectivity index (χ1n) is 10.9. The van der Waals surface area contributed by atoms with Crippen LogP contribution in [0.15, 0.2) is 53.4 Å². The second kappa shape index (κ2) is 11.9. The summed E-state index contributed by atoms with van der Waals surface area (Å²) in [7, 11) is -0.805. The van der Waals surface area contributed by atoms with E-state index < -0.39 is 14.2 Å². The summed E-state index contributed by atoms with van der Waals surface area (Å²) in [6, 6.07) is 10.3. The van der Waals surface area contributed by atoms with Crippen LogP contribution in [0.4, 0.5) is 4.79 Å². The third-order valence-electron chi connectivity index (χ3n) is 5.20. The molecule has 0 atom stereocenters. The molecule has 0 aliphatic heterocycles. The zero-order chi connectivity index (χ0) is 23.8. The van der Waals surface area contributed by atoms with Crippen molar-refractivity contribution < 1.29 is 19.1 Å². The number of carbonyl (C=O) groups is 2. The Bertz CT molecular complexity index is 787. The van der Waals surface area contributed by atoms with Gasteiger partial charge in [0.25, 0.3) is 0 Å². The number of hydrogen-bond acceptors (Lipinski definition) is 4. The summed E-state index contributed by atoms with van der Waals surface area (Å²) < 4.78 is 10.6. The summed E-state index contributed by atoms with van der Waals surface area (Å²) >= 11 is 0. The Kier molecular flexibility index (Phi) is 10.2. The van der Waals surface area contributed by atoms with Crippen LogP contribution < -0.4 is 5.19 Å². The number of esters is 1. The number of hydrogen-bond donors (Lipinski definition) is 0. The highest BCUT2D eigenvalue weighted by Crippen LogP contribution is 2.28. The van der Waals surface area contributed by atoms with E-state index in [4.69, 9.17) is 9.47 Å². The van der Waals surface area contributed by atoms with Gasteiger partial charge in [-0.25, -0.2) is 4.79 Å². The van der Waals surface area contributed by atoms with Gasteiger partial charge in [0.15, 0.2) is 0 Å². The fourth-order valence-electron chi connectivity index (χ4n) is 3.69. The van der Waals surface area contributed by atoms with Gasteiger partial charge in [-0.2, -0.15) is 0 Å². The molecule has 0 saturated carbocycles. The summed E-state index contributed by atoms with van der Waals surface area (Å²) in [4.78, 5) is 26.7. The average molecular weight is 446 g/mol. The maximum Gasteiger partial charge on any atom is 0.415 e. The Morgan fingerprint density at radius 1 is 1.00 bits per heavy atom. The van der Waals surface area contributed by atoms with Crippen LogP contribution >= 0.6 is 0 Å².